The van der Waals surface area contributed by atoms with Gasteiger partial charge in [-0.3, -0.25) is 14.4 Å². The van der Waals surface area contributed by atoms with Gasteiger partial charge in [-0.2, -0.15) is 0 Å². The van der Waals surface area contributed by atoms with E-state index in [0.717, 1.165) is 12.8 Å². The number of nitrogens with zero attached hydrogens (tertiary/aromatic N) is 3. The van der Waals surface area contributed by atoms with Crippen LogP contribution in [-0.4, -0.2) is 114 Å². The Kier molecular flexibility index (Phi) is 13.5. The Labute approximate surface area is 273 Å². The second-order valence-electron chi connectivity index (χ2n) is 13.4. The zero-order valence-electron chi connectivity index (χ0n) is 28.6. The van der Waals surface area contributed by atoms with E-state index in [2.05, 4.69) is 0 Å². The van der Waals surface area contributed by atoms with E-state index in [0.29, 0.717) is 62.5 Å². The molecule has 258 valence electrons. The average molecular weight is 648 g/mol. The van der Waals surface area contributed by atoms with Crippen molar-refractivity contribution in [2.45, 2.75) is 116 Å². The summed E-state index contributed by atoms with van der Waals surface area (Å²) in [5.74, 6) is -0.326. The standard InChI is InChI=1S/C34H53N3O9/c1-23(2)37(32(41)24-9-14-28(44-7)29(21-24)45-20-8-19-43-6)27-13-12-26(36(22-27)33(42)46-34(3,4)5)17-18-35(25-10-11-25)30(38)15-16-31(39)40/h9,14,21,23,25-27H,8,10-13,15-20,22H2,1-7H3,(H,39,40). The molecule has 3 amide bonds. The summed E-state index contributed by atoms with van der Waals surface area (Å²) in [4.78, 5) is 56.9. The Hall–Kier alpha value is -3.54. The zero-order valence-corrected chi connectivity index (χ0v) is 28.6. The van der Waals surface area contributed by atoms with Crippen LogP contribution in [0.1, 0.15) is 96.3 Å². The molecule has 1 saturated heterocycles. The molecule has 0 aromatic heterocycles. The molecular weight excluding hydrogens is 594 g/mol. The van der Waals surface area contributed by atoms with Crippen LogP contribution in [0.2, 0.25) is 0 Å². The number of piperidine rings is 1. The van der Waals surface area contributed by atoms with E-state index in [-0.39, 0.29) is 55.4 Å². The molecule has 1 aliphatic heterocycles. The van der Waals surface area contributed by atoms with E-state index in [1.807, 2.05) is 39.5 Å². The number of rotatable bonds is 16. The van der Waals surface area contributed by atoms with Crippen molar-refractivity contribution in [3.8, 4) is 11.5 Å². The van der Waals surface area contributed by atoms with Crippen LogP contribution in [0.4, 0.5) is 4.79 Å². The first-order valence-electron chi connectivity index (χ1n) is 16.4. The van der Waals surface area contributed by atoms with E-state index in [4.69, 9.17) is 24.1 Å². The molecule has 0 bridgehead atoms. The summed E-state index contributed by atoms with van der Waals surface area (Å²) < 4.78 is 22.3. The third-order valence-electron chi connectivity index (χ3n) is 8.22. The van der Waals surface area contributed by atoms with Gasteiger partial charge < -0.3 is 38.8 Å². The van der Waals surface area contributed by atoms with E-state index in [1.54, 1.807) is 42.2 Å². The Morgan fingerprint density at radius 2 is 1.67 bits per heavy atom. The van der Waals surface area contributed by atoms with Gasteiger partial charge in [-0.15, -0.1) is 0 Å². The van der Waals surface area contributed by atoms with Gasteiger partial charge in [0.05, 0.1) is 26.2 Å². The third-order valence-corrected chi connectivity index (χ3v) is 8.22. The van der Waals surface area contributed by atoms with Crippen LogP contribution in [-0.2, 0) is 19.1 Å². The number of carbonyl (C=O) groups is 4. The van der Waals surface area contributed by atoms with Crippen LogP contribution in [0.15, 0.2) is 18.2 Å². The molecule has 3 rings (SSSR count). The van der Waals surface area contributed by atoms with Gasteiger partial charge in [0, 0.05) is 63.3 Å². The lowest BCUT2D eigenvalue weighted by Crippen LogP contribution is -2.58. The minimum absolute atomic E-state index is 0.0366. The minimum Gasteiger partial charge on any atom is -0.493 e. The Morgan fingerprint density at radius 1 is 0.978 bits per heavy atom. The van der Waals surface area contributed by atoms with E-state index in [1.165, 1.54) is 0 Å². The van der Waals surface area contributed by atoms with Crippen molar-refractivity contribution in [3.05, 3.63) is 23.8 Å². The fourth-order valence-electron chi connectivity index (χ4n) is 5.90. The van der Waals surface area contributed by atoms with Crippen LogP contribution in [0.3, 0.4) is 0 Å². The summed E-state index contributed by atoms with van der Waals surface area (Å²) in [5, 5.41) is 9.06. The summed E-state index contributed by atoms with van der Waals surface area (Å²) in [6.45, 7) is 11.1. The number of carbonyl (C=O) groups excluding carboxylic acids is 3. The zero-order chi connectivity index (χ0) is 34.0. The van der Waals surface area contributed by atoms with Gasteiger partial charge in [0.25, 0.3) is 5.91 Å². The summed E-state index contributed by atoms with van der Waals surface area (Å²) in [6, 6.07) is 4.67. The highest BCUT2D eigenvalue weighted by molar-refractivity contribution is 5.95. The summed E-state index contributed by atoms with van der Waals surface area (Å²) >= 11 is 0. The number of carboxylic acid groups (broad SMARTS) is 1. The number of carboxylic acids is 1. The normalized spacial score (nSPS) is 18.2. The lowest BCUT2D eigenvalue weighted by Gasteiger charge is -2.45. The second-order valence-corrected chi connectivity index (χ2v) is 13.4. The molecule has 0 radical (unpaired) electrons. The number of aliphatic carboxylic acids is 1. The highest BCUT2D eigenvalue weighted by atomic mass is 16.6. The molecule has 1 aromatic carbocycles. The van der Waals surface area contributed by atoms with Gasteiger partial charge in [0.15, 0.2) is 11.5 Å². The first kappa shape index (κ1) is 36.9. The van der Waals surface area contributed by atoms with Gasteiger partial charge in [-0.05, 0) is 84.9 Å². The SMILES string of the molecule is COCCCOc1cc(C(=O)N(C(C)C)C2CCC(CCN(C(=O)CCC(=O)O)C3CC3)N(C(=O)OC(C)(C)C)C2)ccc1OC. The summed E-state index contributed by atoms with van der Waals surface area (Å²) in [5.41, 5.74) is -0.250. The Balaban J connectivity index is 1.80. The van der Waals surface area contributed by atoms with Crippen molar-refractivity contribution in [3.63, 3.8) is 0 Å². The molecular formula is C34H53N3O9. The van der Waals surface area contributed by atoms with Gasteiger partial charge in [0.1, 0.15) is 5.60 Å². The molecule has 12 nitrogen and oxygen atoms in total. The first-order valence-corrected chi connectivity index (χ1v) is 16.4. The lowest BCUT2D eigenvalue weighted by atomic mass is 9.93. The van der Waals surface area contributed by atoms with Crippen molar-refractivity contribution in [2.24, 2.45) is 0 Å². The first-order chi connectivity index (χ1) is 21.7. The van der Waals surface area contributed by atoms with Crippen LogP contribution < -0.4 is 9.47 Å². The van der Waals surface area contributed by atoms with Gasteiger partial charge >= 0.3 is 12.1 Å². The van der Waals surface area contributed by atoms with Crippen molar-refractivity contribution >= 4 is 23.9 Å². The number of hydrogen-bond donors (Lipinski definition) is 1. The number of hydrogen-bond acceptors (Lipinski definition) is 8. The fourth-order valence-corrected chi connectivity index (χ4v) is 5.90. The fraction of sp³-hybridized carbons (Fsp3) is 0.706. The quantitative estimate of drug-likeness (QED) is 0.247. The molecule has 1 aliphatic carbocycles. The minimum atomic E-state index is -0.997. The molecule has 1 heterocycles. The van der Waals surface area contributed by atoms with Crippen LogP contribution in [0.5, 0.6) is 11.5 Å². The molecule has 2 atom stereocenters. The molecule has 2 fully saturated rings. The van der Waals surface area contributed by atoms with Crippen LogP contribution in [0, 0.1) is 0 Å². The van der Waals surface area contributed by atoms with Crippen LogP contribution >= 0.6 is 0 Å². The Bertz CT molecular complexity index is 1190. The van der Waals surface area contributed by atoms with E-state index in [9.17, 15) is 19.2 Å². The second kappa shape index (κ2) is 16.9. The Morgan fingerprint density at radius 3 is 2.26 bits per heavy atom. The monoisotopic (exact) mass is 647 g/mol. The molecule has 1 aromatic rings. The number of likely N-dealkylation sites (tertiary alicyclic amines) is 1. The largest absolute Gasteiger partial charge is 0.493 e. The number of benzene rings is 1. The lowest BCUT2D eigenvalue weighted by molar-refractivity contribution is -0.141. The molecule has 46 heavy (non-hydrogen) atoms. The maximum Gasteiger partial charge on any atom is 0.410 e. The highest BCUT2D eigenvalue weighted by Gasteiger charge is 2.40. The summed E-state index contributed by atoms with van der Waals surface area (Å²) in [7, 11) is 3.19. The topological polar surface area (TPSA) is 135 Å². The molecule has 1 N–H and O–H groups in total. The maximum absolute atomic E-state index is 14.1. The summed E-state index contributed by atoms with van der Waals surface area (Å²) in [6.07, 6.45) is 3.63. The van der Waals surface area contributed by atoms with Crippen molar-refractivity contribution < 1.29 is 43.2 Å². The van der Waals surface area contributed by atoms with Crippen molar-refractivity contribution in [1.82, 2.24) is 14.7 Å². The van der Waals surface area contributed by atoms with E-state index >= 15 is 0 Å². The molecule has 0 spiro atoms. The smallest absolute Gasteiger partial charge is 0.410 e. The van der Waals surface area contributed by atoms with Crippen molar-refractivity contribution in [2.75, 3.05) is 40.5 Å². The molecule has 2 aliphatic rings. The average Bonchev–Trinajstić information content (AvgIpc) is 3.83. The predicted molar refractivity (Wildman–Crippen MR) is 172 cm³/mol. The maximum atomic E-state index is 14.1. The number of amides is 3. The molecule has 2 unspecified atom stereocenters. The highest BCUT2D eigenvalue weighted by Crippen LogP contribution is 2.33. The van der Waals surface area contributed by atoms with Gasteiger partial charge in [-0.1, -0.05) is 0 Å². The van der Waals surface area contributed by atoms with Crippen LogP contribution in [0.25, 0.3) is 0 Å². The van der Waals surface area contributed by atoms with Gasteiger partial charge in [0.2, 0.25) is 5.91 Å². The van der Waals surface area contributed by atoms with Crippen molar-refractivity contribution in [1.29, 1.82) is 0 Å². The number of methoxy groups -OCH3 is 2. The van der Waals surface area contributed by atoms with Gasteiger partial charge in [-0.25, -0.2) is 4.79 Å². The molecule has 1 saturated carbocycles. The van der Waals surface area contributed by atoms with E-state index < -0.39 is 17.7 Å². The predicted octanol–water partition coefficient (Wildman–Crippen LogP) is 4.98. The molecule has 12 heteroatoms. The number of ether oxygens (including phenoxy) is 4. The third kappa shape index (κ3) is 10.8.